The van der Waals surface area contributed by atoms with E-state index in [2.05, 4.69) is 15.5 Å². The number of para-hydroxylation sites is 2. The monoisotopic (exact) mass is 430 g/mol. The Morgan fingerprint density at radius 3 is 2.72 bits per heavy atom. The molecule has 3 aliphatic rings. The van der Waals surface area contributed by atoms with Gasteiger partial charge in [0, 0.05) is 25.3 Å². The molecule has 0 radical (unpaired) electrons. The molecule has 1 amide bonds. The molecule has 1 aromatic heterocycles. The fourth-order valence-corrected chi connectivity index (χ4v) is 4.69. The molecule has 1 saturated carbocycles. The number of nitrogens with one attached hydrogen (secondary N) is 2. The van der Waals surface area contributed by atoms with Gasteiger partial charge in [-0.2, -0.15) is 0 Å². The predicted molar refractivity (Wildman–Crippen MR) is 124 cm³/mol. The number of amides is 1. The minimum absolute atomic E-state index is 0.157. The normalized spacial score (nSPS) is 17.1. The number of carbonyl (C=O) groups is 1. The molecule has 0 spiro atoms. The molecule has 2 N–H and O–H groups in total. The number of nitrogens with zero attached hydrogens (tertiary/aromatic N) is 2. The fraction of sp³-hybridized carbons (Fsp3) is 0.360. The molecule has 3 aromatic rings. The van der Waals surface area contributed by atoms with E-state index in [1.165, 1.54) is 12.8 Å². The minimum Gasteiger partial charge on any atom is -0.451 e. The van der Waals surface area contributed by atoms with E-state index in [0.717, 1.165) is 43.9 Å². The number of likely N-dealkylation sites (tertiary alicyclic amines) is 1. The van der Waals surface area contributed by atoms with E-state index < -0.39 is 0 Å². The number of carbonyl (C=O) groups excluding carboxylic acids is 1. The summed E-state index contributed by atoms with van der Waals surface area (Å²) < 4.78 is 8.19. The van der Waals surface area contributed by atoms with Crippen LogP contribution in [0, 0.1) is 0 Å². The van der Waals surface area contributed by atoms with E-state index in [4.69, 9.17) is 4.74 Å². The van der Waals surface area contributed by atoms with Crippen molar-refractivity contribution in [2.45, 2.75) is 31.7 Å². The molecule has 32 heavy (non-hydrogen) atoms. The van der Waals surface area contributed by atoms with Crippen molar-refractivity contribution >= 4 is 22.5 Å². The molecule has 2 fully saturated rings. The molecule has 0 bridgehead atoms. The van der Waals surface area contributed by atoms with Crippen LogP contribution < -0.4 is 20.8 Å². The molecular formula is C25H26N4O3. The molecule has 7 heteroatoms. The number of ether oxygens (including phenoxy) is 1. The maximum Gasteiger partial charge on any atom is 0.256 e. The number of pyridine rings is 1. The number of hydrogen-bond acceptors (Lipinski definition) is 5. The predicted octanol–water partition coefficient (Wildman–Crippen LogP) is 3.50. The third kappa shape index (κ3) is 3.33. The summed E-state index contributed by atoms with van der Waals surface area (Å²) in [5.41, 5.74) is 2.29. The second-order valence-electron chi connectivity index (χ2n) is 8.87. The van der Waals surface area contributed by atoms with Crippen molar-refractivity contribution in [1.82, 2.24) is 14.8 Å². The molecule has 2 aromatic carbocycles. The number of benzene rings is 2. The number of hydrogen-bond donors (Lipinski definition) is 2. The number of aromatic nitrogens is 1. The lowest BCUT2D eigenvalue weighted by Gasteiger charge is -2.26. The first-order chi connectivity index (χ1) is 15.7. The van der Waals surface area contributed by atoms with Gasteiger partial charge in [0.05, 0.1) is 16.8 Å². The standard InChI is InChI=1S/C25H26N4O3/c30-23-17-9-10-19(27-16-7-8-16)24-22(17)29(20-5-1-2-6-21(20)32-24)15-18(23)25(31)26-11-14-28-12-3-4-13-28/h1-2,5-6,9-10,15-16,27H,3-4,7-8,11-14H2,(H,26,31). The van der Waals surface area contributed by atoms with Gasteiger partial charge in [-0.3, -0.25) is 9.59 Å². The van der Waals surface area contributed by atoms with Gasteiger partial charge in [-0.15, -0.1) is 0 Å². The van der Waals surface area contributed by atoms with Crippen LogP contribution in [-0.2, 0) is 0 Å². The van der Waals surface area contributed by atoms with E-state index in [-0.39, 0.29) is 16.9 Å². The third-order valence-corrected chi connectivity index (χ3v) is 6.55. The fourth-order valence-electron chi connectivity index (χ4n) is 4.69. The largest absolute Gasteiger partial charge is 0.451 e. The van der Waals surface area contributed by atoms with Crippen molar-refractivity contribution in [1.29, 1.82) is 0 Å². The molecule has 0 unspecified atom stereocenters. The van der Waals surface area contributed by atoms with Crippen molar-refractivity contribution in [2.75, 3.05) is 31.5 Å². The Morgan fingerprint density at radius 1 is 1.09 bits per heavy atom. The highest BCUT2D eigenvalue weighted by Gasteiger charge is 2.28. The van der Waals surface area contributed by atoms with Crippen LogP contribution in [0.5, 0.6) is 11.5 Å². The summed E-state index contributed by atoms with van der Waals surface area (Å²) in [7, 11) is 0. The van der Waals surface area contributed by atoms with Gasteiger partial charge in [0.25, 0.3) is 5.91 Å². The van der Waals surface area contributed by atoms with Gasteiger partial charge >= 0.3 is 0 Å². The summed E-state index contributed by atoms with van der Waals surface area (Å²) in [6.45, 7) is 3.50. The van der Waals surface area contributed by atoms with Crippen molar-refractivity contribution in [3.8, 4) is 17.2 Å². The first-order valence-corrected chi connectivity index (χ1v) is 11.5. The van der Waals surface area contributed by atoms with Crippen molar-refractivity contribution < 1.29 is 9.53 Å². The van der Waals surface area contributed by atoms with Gasteiger partial charge in [-0.25, -0.2) is 0 Å². The zero-order valence-corrected chi connectivity index (χ0v) is 17.9. The highest BCUT2D eigenvalue weighted by Crippen LogP contribution is 2.44. The first-order valence-electron chi connectivity index (χ1n) is 11.5. The van der Waals surface area contributed by atoms with E-state index in [1.54, 1.807) is 12.3 Å². The minimum atomic E-state index is -0.328. The Kier molecular flexibility index (Phi) is 4.64. The van der Waals surface area contributed by atoms with E-state index in [9.17, 15) is 9.59 Å². The Labute approximate surface area is 186 Å². The molecule has 1 saturated heterocycles. The van der Waals surface area contributed by atoms with Gasteiger partial charge in [0.15, 0.2) is 11.5 Å². The first kappa shape index (κ1) is 19.4. The Hall–Kier alpha value is -3.32. The second kappa shape index (κ2) is 7.67. The summed E-state index contributed by atoms with van der Waals surface area (Å²) in [5, 5.41) is 6.94. The zero-order valence-electron chi connectivity index (χ0n) is 17.9. The molecule has 6 rings (SSSR count). The molecule has 2 aliphatic heterocycles. The van der Waals surface area contributed by atoms with Gasteiger partial charge in [-0.05, 0) is 63.0 Å². The summed E-state index contributed by atoms with van der Waals surface area (Å²) in [6.07, 6.45) is 6.37. The molecule has 0 atom stereocenters. The smallest absolute Gasteiger partial charge is 0.256 e. The topological polar surface area (TPSA) is 75.6 Å². The number of fused-ring (bicyclic) bond motifs is 2. The van der Waals surface area contributed by atoms with Crippen LogP contribution in [0.15, 0.2) is 47.4 Å². The van der Waals surface area contributed by atoms with Crippen LogP contribution in [-0.4, -0.2) is 47.6 Å². The van der Waals surface area contributed by atoms with Gasteiger partial charge in [0.1, 0.15) is 11.1 Å². The van der Waals surface area contributed by atoms with Crippen LogP contribution in [0.1, 0.15) is 36.0 Å². The highest BCUT2D eigenvalue weighted by molar-refractivity contribution is 6.01. The average molecular weight is 431 g/mol. The zero-order chi connectivity index (χ0) is 21.7. The van der Waals surface area contributed by atoms with Crippen molar-refractivity contribution in [2.24, 2.45) is 0 Å². The Bertz CT molecular complexity index is 1270. The van der Waals surface area contributed by atoms with E-state index >= 15 is 0 Å². The van der Waals surface area contributed by atoms with Gasteiger partial charge < -0.3 is 24.8 Å². The number of anilines is 1. The SMILES string of the molecule is O=C(NCCN1CCCC1)c1cn2c3c(c(NC4CC4)ccc3c1=O)Oc1ccccc1-2. The van der Waals surface area contributed by atoms with Crippen molar-refractivity contribution in [3.05, 3.63) is 58.4 Å². The average Bonchev–Trinajstić information content (AvgIpc) is 3.47. The van der Waals surface area contributed by atoms with Crippen LogP contribution in [0.3, 0.4) is 0 Å². The lowest BCUT2D eigenvalue weighted by atomic mass is 10.1. The van der Waals surface area contributed by atoms with Gasteiger partial charge in [-0.1, -0.05) is 12.1 Å². The lowest BCUT2D eigenvalue weighted by Crippen LogP contribution is -2.36. The second-order valence-corrected chi connectivity index (χ2v) is 8.87. The highest BCUT2D eigenvalue weighted by atomic mass is 16.5. The van der Waals surface area contributed by atoms with Crippen molar-refractivity contribution in [3.63, 3.8) is 0 Å². The summed E-state index contributed by atoms with van der Waals surface area (Å²) in [6, 6.07) is 11.9. The molecule has 164 valence electrons. The van der Waals surface area contributed by atoms with E-state index in [1.807, 2.05) is 34.9 Å². The van der Waals surface area contributed by atoms with Crippen LogP contribution in [0.2, 0.25) is 0 Å². The van der Waals surface area contributed by atoms with Crippen LogP contribution in [0.4, 0.5) is 5.69 Å². The summed E-state index contributed by atoms with van der Waals surface area (Å²) in [5.74, 6) is 1.02. The summed E-state index contributed by atoms with van der Waals surface area (Å²) in [4.78, 5) is 28.7. The quantitative estimate of drug-likeness (QED) is 0.490. The molecule has 3 heterocycles. The van der Waals surface area contributed by atoms with Gasteiger partial charge in [0.2, 0.25) is 5.43 Å². The van der Waals surface area contributed by atoms with E-state index in [0.29, 0.717) is 35.0 Å². The van der Waals surface area contributed by atoms with Crippen LogP contribution in [0.25, 0.3) is 16.6 Å². The molecule has 1 aliphatic carbocycles. The Morgan fingerprint density at radius 2 is 1.91 bits per heavy atom. The molecule has 7 nitrogen and oxygen atoms in total. The summed E-state index contributed by atoms with van der Waals surface area (Å²) >= 11 is 0. The lowest BCUT2D eigenvalue weighted by molar-refractivity contribution is 0.0948. The van der Waals surface area contributed by atoms with Crippen LogP contribution >= 0.6 is 0 Å². The number of rotatable bonds is 6. The Balaban J connectivity index is 1.41. The third-order valence-electron chi connectivity index (χ3n) is 6.55. The maximum atomic E-state index is 13.3. The molecular weight excluding hydrogens is 404 g/mol. The maximum absolute atomic E-state index is 13.3.